The Morgan fingerprint density at radius 1 is 0.591 bits per heavy atom. The first-order valence-corrected chi connectivity index (χ1v) is 18.3. The second kappa shape index (κ2) is 13.1. The van der Waals surface area contributed by atoms with Crippen molar-refractivity contribution in [3.63, 3.8) is 0 Å². The molecule has 0 N–H and O–H groups in total. The smallest absolute Gasteiger partial charge is 1.00 e. The van der Waals surface area contributed by atoms with Crippen molar-refractivity contribution in [3.05, 3.63) is 127 Å². The molecule has 0 radical (unpaired) electrons. The van der Waals surface area contributed by atoms with Gasteiger partial charge in [0.25, 0.3) is 0 Å². The molecule has 0 heterocycles. The predicted molar refractivity (Wildman–Crippen MR) is 178 cm³/mol. The van der Waals surface area contributed by atoms with Gasteiger partial charge in [-0.2, -0.15) is 0 Å². The molecule has 0 unspecified atom stereocenters. The first kappa shape index (κ1) is 32.9. The van der Waals surface area contributed by atoms with Gasteiger partial charge in [0.05, 0.1) is 0 Å². The van der Waals surface area contributed by atoms with E-state index < -0.39 is 17.4 Å². The van der Waals surface area contributed by atoms with Crippen molar-refractivity contribution in [2.24, 2.45) is 0 Å². The molecule has 3 aliphatic carbocycles. The molecule has 4 aromatic carbocycles. The summed E-state index contributed by atoms with van der Waals surface area (Å²) in [6, 6.07) is 24.4. The van der Waals surface area contributed by atoms with Crippen molar-refractivity contribution in [3.8, 4) is 33.4 Å². The predicted octanol–water partition coefficient (Wildman–Crippen LogP) is 5.16. The van der Waals surface area contributed by atoms with E-state index in [0.717, 1.165) is 0 Å². The quantitative estimate of drug-likeness (QED) is 0.268. The SMILES string of the molecule is Cc1cc(C)c(-c2ccc3c(c2)-c2cc(-c4c(C)cc(C)cc4C)ccc2[CH]3[Ti+2]([C]2=CC=CC2)=[C]2CCCC2)c(C)c1.[Cl-].[Cl-]. The Morgan fingerprint density at radius 3 is 1.45 bits per heavy atom. The van der Waals surface area contributed by atoms with E-state index in [1.54, 1.807) is 15.0 Å². The number of hydrogen-bond donors (Lipinski definition) is 0. The summed E-state index contributed by atoms with van der Waals surface area (Å²) >= 11 is -1.76. The minimum absolute atomic E-state index is 0. The second-order valence-electron chi connectivity index (χ2n) is 13.1. The molecule has 224 valence electrons. The van der Waals surface area contributed by atoms with Crippen LogP contribution in [-0.2, 0) is 17.4 Å². The average molecular weight is 654 g/mol. The number of rotatable bonds is 4. The van der Waals surface area contributed by atoms with Gasteiger partial charge in [0, 0.05) is 0 Å². The monoisotopic (exact) mass is 652 g/mol. The van der Waals surface area contributed by atoms with Crippen molar-refractivity contribution >= 4 is 3.81 Å². The van der Waals surface area contributed by atoms with Gasteiger partial charge in [0.2, 0.25) is 0 Å². The number of allylic oxidation sites excluding steroid dienone is 4. The van der Waals surface area contributed by atoms with Crippen LogP contribution in [0.3, 0.4) is 0 Å². The Bertz CT molecular complexity index is 1710. The molecule has 4 aromatic rings. The van der Waals surface area contributed by atoms with E-state index in [0.29, 0.717) is 4.22 Å². The zero-order valence-electron chi connectivity index (χ0n) is 26.9. The van der Waals surface area contributed by atoms with Crippen LogP contribution in [0, 0.1) is 41.5 Å². The summed E-state index contributed by atoms with van der Waals surface area (Å²) in [5.74, 6) is 0. The molecule has 44 heavy (non-hydrogen) atoms. The molecule has 3 heteroatoms. The van der Waals surface area contributed by atoms with E-state index in [1.165, 1.54) is 98.9 Å². The number of halogens is 2. The largest absolute Gasteiger partial charge is 1.00 e. The van der Waals surface area contributed by atoms with Crippen LogP contribution in [0.1, 0.15) is 80.8 Å². The zero-order valence-corrected chi connectivity index (χ0v) is 29.9. The van der Waals surface area contributed by atoms with Gasteiger partial charge in [-0.3, -0.25) is 0 Å². The van der Waals surface area contributed by atoms with Gasteiger partial charge in [0.1, 0.15) is 0 Å². The van der Waals surface area contributed by atoms with E-state index in [1.807, 2.05) is 3.81 Å². The van der Waals surface area contributed by atoms with Crippen molar-refractivity contribution in [1.29, 1.82) is 0 Å². The standard InChI is InChI=1S/C31H29.C5H8.C5H5.2ClH.Ti/c1-18-11-20(3)30(21(4)12-18)26-9-7-24-15-25-8-10-27(17-29(25)28(24)16-26)31-22(5)13-19(2)14-23(31)6;2*1-2-4-5-3-1;;;/h7-17H,1-6H3;1-4H2;1-3H,4H2;2*1H;/q;;;;;+2/p-2. The van der Waals surface area contributed by atoms with Crippen LogP contribution in [0.4, 0.5) is 0 Å². The first-order chi connectivity index (χ1) is 20.3. The topological polar surface area (TPSA) is 0 Å². The van der Waals surface area contributed by atoms with Crippen molar-refractivity contribution in [2.75, 3.05) is 0 Å². The molecule has 0 bridgehead atoms. The number of benzene rings is 4. The fraction of sp³-hybridized carbons (Fsp3) is 0.293. The minimum Gasteiger partial charge on any atom is -1.00 e. The number of aryl methyl sites for hydroxylation is 6. The maximum Gasteiger partial charge on any atom is -1.00 e. The summed E-state index contributed by atoms with van der Waals surface area (Å²) in [6.07, 6.45) is 13.9. The molecule has 0 saturated heterocycles. The molecule has 1 fully saturated rings. The Morgan fingerprint density at radius 2 is 1.05 bits per heavy atom. The number of fused-ring (bicyclic) bond motifs is 3. The molecule has 7 rings (SSSR count). The summed E-state index contributed by atoms with van der Waals surface area (Å²) < 4.78 is 4.27. The summed E-state index contributed by atoms with van der Waals surface area (Å²) in [5.41, 5.74) is 19.8. The molecule has 0 aliphatic heterocycles. The fourth-order valence-corrected chi connectivity index (χ4v) is 14.5. The van der Waals surface area contributed by atoms with Crippen molar-refractivity contribution < 1.29 is 42.2 Å². The Kier molecular flexibility index (Phi) is 9.79. The van der Waals surface area contributed by atoms with Crippen molar-refractivity contribution in [1.82, 2.24) is 0 Å². The molecule has 0 spiro atoms. The van der Waals surface area contributed by atoms with Gasteiger partial charge in [-0.25, -0.2) is 0 Å². The maximum atomic E-state index is 2.55. The van der Waals surface area contributed by atoms with Gasteiger partial charge < -0.3 is 24.8 Å². The molecular formula is C41H42Cl2Ti. The average Bonchev–Trinajstić information content (AvgIpc) is 3.71. The Balaban J connectivity index is 0.00000192. The van der Waals surface area contributed by atoms with E-state index >= 15 is 0 Å². The van der Waals surface area contributed by atoms with Crippen LogP contribution in [-0.4, -0.2) is 3.81 Å². The summed E-state index contributed by atoms with van der Waals surface area (Å²) in [5, 5.41) is 0. The van der Waals surface area contributed by atoms with Gasteiger partial charge >= 0.3 is 260 Å². The zero-order chi connectivity index (χ0) is 29.1. The van der Waals surface area contributed by atoms with Gasteiger partial charge in [0.15, 0.2) is 0 Å². The van der Waals surface area contributed by atoms with E-state index in [-0.39, 0.29) is 24.8 Å². The molecule has 0 amide bonds. The summed E-state index contributed by atoms with van der Waals surface area (Å²) in [6.45, 7) is 13.5. The van der Waals surface area contributed by atoms with Crippen LogP contribution < -0.4 is 24.8 Å². The van der Waals surface area contributed by atoms with Crippen LogP contribution in [0.25, 0.3) is 33.4 Å². The normalized spacial score (nSPS) is 14.8. The second-order valence-corrected chi connectivity index (χ2v) is 17.4. The van der Waals surface area contributed by atoms with E-state index in [2.05, 4.69) is 120 Å². The summed E-state index contributed by atoms with van der Waals surface area (Å²) in [4.78, 5) is 0. The molecular weight excluding hydrogens is 611 g/mol. The van der Waals surface area contributed by atoms with Gasteiger partial charge in [-0.05, 0) is 0 Å². The van der Waals surface area contributed by atoms with E-state index in [9.17, 15) is 0 Å². The minimum atomic E-state index is -1.76. The van der Waals surface area contributed by atoms with E-state index in [4.69, 9.17) is 0 Å². The molecule has 1 saturated carbocycles. The van der Waals surface area contributed by atoms with Gasteiger partial charge in [-0.15, -0.1) is 0 Å². The third kappa shape index (κ3) is 5.69. The van der Waals surface area contributed by atoms with Crippen LogP contribution >= 0.6 is 0 Å². The van der Waals surface area contributed by atoms with Crippen LogP contribution in [0.15, 0.2) is 82.8 Å². The number of hydrogen-bond acceptors (Lipinski definition) is 0. The van der Waals surface area contributed by atoms with Crippen molar-refractivity contribution in [2.45, 2.75) is 77.9 Å². The Labute approximate surface area is 282 Å². The van der Waals surface area contributed by atoms with Gasteiger partial charge in [-0.1, -0.05) is 0 Å². The molecule has 0 aromatic heterocycles. The maximum absolute atomic E-state index is 2.55. The van der Waals surface area contributed by atoms with Crippen LogP contribution in [0.5, 0.6) is 0 Å². The molecule has 0 atom stereocenters. The molecule has 3 aliphatic rings. The van der Waals surface area contributed by atoms with Crippen LogP contribution in [0.2, 0.25) is 0 Å². The Hall–Kier alpha value is -2.48. The summed E-state index contributed by atoms with van der Waals surface area (Å²) in [7, 11) is 0. The third-order valence-electron chi connectivity index (χ3n) is 9.94. The third-order valence-corrected chi connectivity index (χ3v) is 15.4. The molecule has 0 nitrogen and oxygen atoms in total. The fourth-order valence-electron chi connectivity index (χ4n) is 8.48. The first-order valence-electron chi connectivity index (χ1n) is 15.8.